The molecule has 0 atom stereocenters. The predicted molar refractivity (Wildman–Crippen MR) is 84.8 cm³/mol. The van der Waals surface area contributed by atoms with Gasteiger partial charge in [0, 0.05) is 19.3 Å². The normalized spacial score (nSPS) is 10.7. The molecule has 1 aromatic rings. The van der Waals surface area contributed by atoms with Crippen LogP contribution >= 0.6 is 0 Å². The Labute approximate surface area is 131 Å². The Morgan fingerprint density at radius 1 is 1.32 bits per heavy atom. The Morgan fingerprint density at radius 2 is 1.95 bits per heavy atom. The van der Waals surface area contributed by atoms with E-state index >= 15 is 0 Å². The summed E-state index contributed by atoms with van der Waals surface area (Å²) in [5.74, 6) is -0.618. The number of anilines is 1. The van der Waals surface area contributed by atoms with Crippen LogP contribution in [0.5, 0.6) is 0 Å². The van der Waals surface area contributed by atoms with Crippen molar-refractivity contribution in [2.24, 2.45) is 0 Å². The average molecular weight is 297 g/mol. The highest BCUT2D eigenvalue weighted by molar-refractivity contribution is 5.98. The zero-order chi connectivity index (χ0) is 16.5. The minimum absolute atomic E-state index is 0.0284. The average Bonchev–Trinajstić information content (AvgIpc) is 2.50. The molecular weight excluding hydrogens is 278 g/mol. The van der Waals surface area contributed by atoms with Crippen LogP contribution in [-0.4, -0.2) is 25.7 Å². The summed E-state index contributed by atoms with van der Waals surface area (Å²) >= 11 is 0. The van der Waals surface area contributed by atoms with Crippen molar-refractivity contribution in [3.05, 3.63) is 35.4 Å². The number of hydrogen-bond acceptors (Lipinski definition) is 5. The number of hydrogen-bond donors (Lipinski definition) is 0. The number of carbonyl (C=O) groups excluding carboxylic acids is 1. The summed E-state index contributed by atoms with van der Waals surface area (Å²) < 4.78 is 5.01. The van der Waals surface area contributed by atoms with Crippen LogP contribution in [0.2, 0.25) is 0 Å². The maximum Gasteiger partial charge on any atom is 0.349 e. The van der Waals surface area contributed by atoms with Crippen molar-refractivity contribution in [1.29, 1.82) is 10.5 Å². The van der Waals surface area contributed by atoms with Crippen molar-refractivity contribution in [3.63, 3.8) is 0 Å². The van der Waals surface area contributed by atoms with E-state index < -0.39 is 5.97 Å². The molecule has 0 aliphatic rings. The summed E-state index contributed by atoms with van der Waals surface area (Å²) in [6.45, 7) is 4.12. The van der Waals surface area contributed by atoms with Gasteiger partial charge >= 0.3 is 5.97 Å². The number of nitriles is 2. The second-order valence-electron chi connectivity index (χ2n) is 5.05. The monoisotopic (exact) mass is 297 g/mol. The molecule has 0 radical (unpaired) electrons. The van der Waals surface area contributed by atoms with Gasteiger partial charge in [-0.15, -0.1) is 0 Å². The van der Waals surface area contributed by atoms with Crippen LogP contribution in [-0.2, 0) is 9.53 Å². The molecule has 1 aromatic carbocycles. The third-order valence-electron chi connectivity index (χ3n) is 2.89. The van der Waals surface area contributed by atoms with Crippen molar-refractivity contribution in [2.75, 3.05) is 18.5 Å². The molecule has 0 heterocycles. The van der Waals surface area contributed by atoms with Gasteiger partial charge in [0.25, 0.3) is 0 Å². The highest BCUT2D eigenvalue weighted by atomic mass is 16.5. The van der Waals surface area contributed by atoms with Crippen molar-refractivity contribution in [3.8, 4) is 12.1 Å². The van der Waals surface area contributed by atoms with Gasteiger partial charge in [-0.25, -0.2) is 4.79 Å². The first-order valence-electron chi connectivity index (χ1n) is 6.99. The topological polar surface area (TPSA) is 77.1 Å². The molecule has 0 saturated heterocycles. The van der Waals surface area contributed by atoms with Gasteiger partial charge in [-0.3, -0.25) is 0 Å². The zero-order valence-corrected chi connectivity index (χ0v) is 13.0. The van der Waals surface area contributed by atoms with Gasteiger partial charge in [-0.05, 0) is 37.6 Å². The summed E-state index contributed by atoms with van der Waals surface area (Å²) in [5.41, 5.74) is 1.68. The van der Waals surface area contributed by atoms with Crippen molar-refractivity contribution < 1.29 is 9.53 Å². The molecule has 0 aromatic heterocycles. The van der Waals surface area contributed by atoms with Crippen LogP contribution in [0.4, 0.5) is 5.69 Å². The molecule has 0 fully saturated rings. The zero-order valence-electron chi connectivity index (χ0n) is 13.0. The van der Waals surface area contributed by atoms with Crippen molar-refractivity contribution in [1.82, 2.24) is 0 Å². The lowest BCUT2D eigenvalue weighted by atomic mass is 10.1. The number of carbonyl (C=O) groups is 1. The maximum absolute atomic E-state index is 11.7. The fourth-order valence-corrected chi connectivity index (χ4v) is 1.75. The third-order valence-corrected chi connectivity index (χ3v) is 2.89. The van der Waals surface area contributed by atoms with E-state index in [1.165, 1.54) is 6.08 Å². The molecule has 0 N–H and O–H groups in total. The quantitative estimate of drug-likeness (QED) is 0.458. The molecule has 0 aliphatic heterocycles. The first kappa shape index (κ1) is 17.3. The van der Waals surface area contributed by atoms with Crippen LogP contribution in [0.15, 0.2) is 29.8 Å². The summed E-state index contributed by atoms with van der Waals surface area (Å²) in [4.78, 5) is 13.7. The van der Waals surface area contributed by atoms with Crippen molar-refractivity contribution >= 4 is 17.7 Å². The molecule has 0 unspecified atom stereocenters. The third kappa shape index (κ3) is 5.30. The van der Waals surface area contributed by atoms with Gasteiger partial charge in [-0.2, -0.15) is 10.5 Å². The van der Waals surface area contributed by atoms with Gasteiger partial charge in [0.2, 0.25) is 0 Å². The van der Waals surface area contributed by atoms with Crippen LogP contribution < -0.4 is 4.90 Å². The number of esters is 1. The van der Waals surface area contributed by atoms with Gasteiger partial charge in [0.05, 0.1) is 18.6 Å². The van der Waals surface area contributed by atoms with Gasteiger partial charge in [0.15, 0.2) is 0 Å². The van der Waals surface area contributed by atoms with E-state index in [1.54, 1.807) is 13.8 Å². The second-order valence-corrected chi connectivity index (χ2v) is 5.05. The lowest BCUT2D eigenvalue weighted by Gasteiger charge is -2.17. The van der Waals surface area contributed by atoms with E-state index in [-0.39, 0.29) is 11.7 Å². The predicted octanol–water partition coefficient (Wildman–Crippen LogP) is 2.90. The van der Waals surface area contributed by atoms with Crippen LogP contribution in [0.3, 0.4) is 0 Å². The first-order valence-corrected chi connectivity index (χ1v) is 6.99. The smallest absolute Gasteiger partial charge is 0.349 e. The Morgan fingerprint density at radius 3 is 2.45 bits per heavy atom. The van der Waals surface area contributed by atoms with Gasteiger partial charge in [0.1, 0.15) is 11.6 Å². The largest absolute Gasteiger partial charge is 0.459 e. The lowest BCUT2D eigenvalue weighted by Crippen LogP contribution is -2.17. The second kappa shape index (κ2) is 8.49. The Kier molecular flexibility index (Phi) is 6.66. The standard InChI is InChI=1S/C17H19N3O2/c1-13(2)22-17(21)15(12-19)11-14-5-7-16(8-6-14)20(3)10-4-9-18/h5-8,11,13H,4,10H2,1-3H3/b15-11+. The van der Waals surface area contributed by atoms with E-state index in [9.17, 15) is 4.79 Å². The summed E-state index contributed by atoms with van der Waals surface area (Å²) in [7, 11) is 1.91. The van der Waals surface area contributed by atoms with Gasteiger partial charge < -0.3 is 9.64 Å². The van der Waals surface area contributed by atoms with E-state index in [1.807, 2.05) is 42.3 Å². The number of benzene rings is 1. The Hall–Kier alpha value is -2.79. The molecule has 0 saturated carbocycles. The fraction of sp³-hybridized carbons (Fsp3) is 0.353. The van der Waals surface area contributed by atoms with Gasteiger partial charge in [-0.1, -0.05) is 12.1 Å². The van der Waals surface area contributed by atoms with Crippen LogP contribution in [0, 0.1) is 22.7 Å². The molecule has 0 bridgehead atoms. The summed E-state index contributed by atoms with van der Waals surface area (Å²) in [6.07, 6.45) is 1.70. The number of nitrogens with zero attached hydrogens (tertiary/aromatic N) is 3. The number of ether oxygens (including phenoxy) is 1. The summed E-state index contributed by atoms with van der Waals surface area (Å²) in [5, 5.41) is 17.6. The van der Waals surface area contributed by atoms with E-state index in [0.29, 0.717) is 13.0 Å². The molecule has 0 spiro atoms. The Bertz CT molecular complexity index is 619. The highest BCUT2D eigenvalue weighted by Crippen LogP contribution is 2.16. The molecule has 22 heavy (non-hydrogen) atoms. The molecule has 0 aliphatic carbocycles. The maximum atomic E-state index is 11.7. The molecule has 5 nitrogen and oxygen atoms in total. The number of rotatable bonds is 6. The SMILES string of the molecule is CC(C)OC(=O)/C(C#N)=C/c1ccc(N(C)CCC#N)cc1. The molecule has 5 heteroatoms. The van der Waals surface area contributed by atoms with Crippen molar-refractivity contribution in [2.45, 2.75) is 26.4 Å². The minimum Gasteiger partial charge on any atom is -0.459 e. The molecular formula is C17H19N3O2. The lowest BCUT2D eigenvalue weighted by molar-refractivity contribution is -0.142. The molecule has 1 rings (SSSR count). The van der Waals surface area contributed by atoms with Crippen LogP contribution in [0.1, 0.15) is 25.8 Å². The first-order chi connectivity index (χ1) is 10.5. The molecule has 0 amide bonds. The summed E-state index contributed by atoms with van der Waals surface area (Å²) in [6, 6.07) is 11.4. The minimum atomic E-state index is -0.618. The van der Waals surface area contributed by atoms with E-state index in [4.69, 9.17) is 15.3 Å². The molecule has 114 valence electrons. The Balaban J connectivity index is 2.85. The highest BCUT2D eigenvalue weighted by Gasteiger charge is 2.12. The fourth-order valence-electron chi connectivity index (χ4n) is 1.75. The van der Waals surface area contributed by atoms with E-state index in [0.717, 1.165) is 11.3 Å². The van der Waals surface area contributed by atoms with Crippen LogP contribution in [0.25, 0.3) is 6.08 Å². The van der Waals surface area contributed by atoms with E-state index in [2.05, 4.69) is 6.07 Å².